The standard InChI is InChI=1S/C12H21IO2/c1-3-11(2)9-12(6-7-14-11)5-4-10(8-13)15-12/h10H,3-9H2,1-2H3. The lowest BCUT2D eigenvalue weighted by Crippen LogP contribution is -2.47. The van der Waals surface area contributed by atoms with E-state index >= 15 is 0 Å². The maximum Gasteiger partial charge on any atom is 0.0736 e. The summed E-state index contributed by atoms with van der Waals surface area (Å²) in [5.74, 6) is 0. The van der Waals surface area contributed by atoms with E-state index in [1.54, 1.807) is 0 Å². The SMILES string of the molecule is CCC1(C)CC2(CCO1)CCC(CI)O2. The molecule has 2 heterocycles. The van der Waals surface area contributed by atoms with Crippen molar-refractivity contribution < 1.29 is 9.47 Å². The molecule has 2 aliphatic heterocycles. The Bertz CT molecular complexity index is 234. The van der Waals surface area contributed by atoms with Crippen LogP contribution in [0.25, 0.3) is 0 Å². The minimum absolute atomic E-state index is 0.0540. The highest BCUT2D eigenvalue weighted by Gasteiger charge is 2.47. The lowest BCUT2D eigenvalue weighted by atomic mass is 9.80. The van der Waals surface area contributed by atoms with Crippen molar-refractivity contribution in [2.75, 3.05) is 11.0 Å². The summed E-state index contributed by atoms with van der Waals surface area (Å²) in [5.41, 5.74) is 0.206. The van der Waals surface area contributed by atoms with E-state index in [1.165, 1.54) is 12.8 Å². The van der Waals surface area contributed by atoms with Crippen molar-refractivity contribution in [1.29, 1.82) is 0 Å². The van der Waals surface area contributed by atoms with Crippen LogP contribution in [0.5, 0.6) is 0 Å². The molecule has 3 atom stereocenters. The molecule has 3 heteroatoms. The fourth-order valence-electron chi connectivity index (χ4n) is 2.85. The zero-order valence-corrected chi connectivity index (χ0v) is 11.9. The smallest absolute Gasteiger partial charge is 0.0736 e. The van der Waals surface area contributed by atoms with Gasteiger partial charge in [-0.3, -0.25) is 0 Å². The minimum Gasteiger partial charge on any atom is -0.375 e. The molecule has 0 aromatic rings. The zero-order valence-electron chi connectivity index (χ0n) is 9.72. The molecule has 2 aliphatic rings. The number of hydrogen-bond acceptors (Lipinski definition) is 2. The molecule has 0 aromatic carbocycles. The maximum absolute atomic E-state index is 6.25. The van der Waals surface area contributed by atoms with E-state index < -0.39 is 0 Å². The van der Waals surface area contributed by atoms with E-state index in [0.29, 0.717) is 6.10 Å². The second-order valence-electron chi connectivity index (χ2n) is 5.19. The summed E-state index contributed by atoms with van der Waals surface area (Å²) in [7, 11) is 0. The van der Waals surface area contributed by atoms with Crippen LogP contribution in [0.2, 0.25) is 0 Å². The van der Waals surface area contributed by atoms with Crippen molar-refractivity contribution in [2.45, 2.75) is 63.3 Å². The monoisotopic (exact) mass is 324 g/mol. The van der Waals surface area contributed by atoms with Gasteiger partial charge >= 0.3 is 0 Å². The molecule has 3 unspecified atom stereocenters. The number of alkyl halides is 1. The van der Waals surface area contributed by atoms with Gasteiger partial charge in [0, 0.05) is 10.8 Å². The second-order valence-corrected chi connectivity index (χ2v) is 6.08. The molecule has 2 nitrogen and oxygen atoms in total. The van der Waals surface area contributed by atoms with Crippen LogP contribution < -0.4 is 0 Å². The Kier molecular flexibility index (Phi) is 3.63. The molecule has 0 aromatic heterocycles. The molecule has 0 aliphatic carbocycles. The fraction of sp³-hybridized carbons (Fsp3) is 1.00. The summed E-state index contributed by atoms with van der Waals surface area (Å²) >= 11 is 2.43. The van der Waals surface area contributed by atoms with Crippen LogP contribution >= 0.6 is 22.6 Å². The Morgan fingerprint density at radius 2 is 2.20 bits per heavy atom. The lowest BCUT2D eigenvalue weighted by molar-refractivity contribution is -0.168. The molecule has 0 amide bonds. The Morgan fingerprint density at radius 3 is 2.80 bits per heavy atom. The molecule has 2 fully saturated rings. The summed E-state index contributed by atoms with van der Waals surface area (Å²) < 4.78 is 13.3. The largest absolute Gasteiger partial charge is 0.375 e. The molecular formula is C12H21IO2. The van der Waals surface area contributed by atoms with Gasteiger partial charge in [0.2, 0.25) is 0 Å². The third-order valence-corrected chi connectivity index (χ3v) is 4.95. The third-order valence-electron chi connectivity index (χ3n) is 3.96. The maximum atomic E-state index is 6.25. The van der Waals surface area contributed by atoms with Crippen molar-refractivity contribution in [2.24, 2.45) is 0 Å². The van der Waals surface area contributed by atoms with E-state index in [2.05, 4.69) is 36.4 Å². The van der Waals surface area contributed by atoms with Gasteiger partial charge in [0.1, 0.15) is 0 Å². The molecule has 0 N–H and O–H groups in total. The van der Waals surface area contributed by atoms with Crippen LogP contribution in [0.4, 0.5) is 0 Å². The predicted molar refractivity (Wildman–Crippen MR) is 69.6 cm³/mol. The van der Waals surface area contributed by atoms with E-state index in [1.807, 2.05) is 0 Å². The predicted octanol–water partition coefficient (Wildman–Crippen LogP) is 3.32. The van der Waals surface area contributed by atoms with Crippen molar-refractivity contribution >= 4 is 22.6 Å². The molecule has 1 spiro atoms. The zero-order chi connectivity index (χ0) is 10.9. The van der Waals surface area contributed by atoms with Gasteiger partial charge in [-0.1, -0.05) is 29.5 Å². The fourth-order valence-corrected chi connectivity index (χ4v) is 3.47. The van der Waals surface area contributed by atoms with Gasteiger partial charge in [-0.05, 0) is 32.6 Å². The number of halogens is 1. The molecule has 15 heavy (non-hydrogen) atoms. The van der Waals surface area contributed by atoms with Crippen LogP contribution in [0.15, 0.2) is 0 Å². The van der Waals surface area contributed by atoms with Crippen LogP contribution in [0.3, 0.4) is 0 Å². The Morgan fingerprint density at radius 1 is 1.40 bits per heavy atom. The van der Waals surface area contributed by atoms with Gasteiger partial charge in [0.05, 0.1) is 23.9 Å². The van der Waals surface area contributed by atoms with Crippen LogP contribution in [-0.2, 0) is 9.47 Å². The molecule has 0 radical (unpaired) electrons. The third kappa shape index (κ3) is 2.50. The van der Waals surface area contributed by atoms with Gasteiger partial charge in [-0.2, -0.15) is 0 Å². The highest BCUT2D eigenvalue weighted by Crippen LogP contribution is 2.44. The summed E-state index contributed by atoms with van der Waals surface area (Å²) in [6, 6.07) is 0. The summed E-state index contributed by atoms with van der Waals surface area (Å²) in [6.07, 6.45) is 6.24. The minimum atomic E-state index is 0.0540. The highest BCUT2D eigenvalue weighted by molar-refractivity contribution is 14.1. The van der Waals surface area contributed by atoms with Crippen LogP contribution in [-0.4, -0.2) is 28.3 Å². The van der Waals surface area contributed by atoms with Crippen molar-refractivity contribution in [3.05, 3.63) is 0 Å². The quantitative estimate of drug-likeness (QED) is 0.573. The summed E-state index contributed by atoms with van der Waals surface area (Å²) in [5, 5.41) is 0. The molecule has 2 rings (SSSR count). The Hall–Kier alpha value is 0.650. The average molecular weight is 324 g/mol. The summed E-state index contributed by atoms with van der Waals surface area (Å²) in [4.78, 5) is 0. The van der Waals surface area contributed by atoms with E-state index in [4.69, 9.17) is 9.47 Å². The first kappa shape index (κ1) is 12.1. The van der Waals surface area contributed by atoms with Gasteiger partial charge < -0.3 is 9.47 Å². The topological polar surface area (TPSA) is 18.5 Å². The van der Waals surface area contributed by atoms with Crippen molar-refractivity contribution in [1.82, 2.24) is 0 Å². The van der Waals surface area contributed by atoms with E-state index in [9.17, 15) is 0 Å². The first-order valence-corrected chi connectivity index (χ1v) is 7.52. The lowest BCUT2D eigenvalue weighted by Gasteiger charge is -2.44. The van der Waals surface area contributed by atoms with Crippen LogP contribution in [0, 0.1) is 0 Å². The molecule has 0 saturated carbocycles. The molecule has 0 bridgehead atoms. The highest BCUT2D eigenvalue weighted by atomic mass is 127. The molecule has 2 saturated heterocycles. The van der Waals surface area contributed by atoms with Gasteiger partial charge in [-0.15, -0.1) is 0 Å². The summed E-state index contributed by atoms with van der Waals surface area (Å²) in [6.45, 7) is 5.32. The normalized spacial score (nSPS) is 46.2. The number of hydrogen-bond donors (Lipinski definition) is 0. The second kappa shape index (κ2) is 4.49. The molecule has 88 valence electrons. The van der Waals surface area contributed by atoms with Gasteiger partial charge in [0.25, 0.3) is 0 Å². The first-order valence-electron chi connectivity index (χ1n) is 5.99. The van der Waals surface area contributed by atoms with E-state index in [0.717, 1.165) is 30.3 Å². The first-order chi connectivity index (χ1) is 7.11. The van der Waals surface area contributed by atoms with E-state index in [-0.39, 0.29) is 11.2 Å². The number of rotatable bonds is 2. The van der Waals surface area contributed by atoms with Crippen molar-refractivity contribution in [3.63, 3.8) is 0 Å². The van der Waals surface area contributed by atoms with Gasteiger partial charge in [-0.25, -0.2) is 0 Å². The van der Waals surface area contributed by atoms with Crippen LogP contribution in [0.1, 0.15) is 46.0 Å². The average Bonchev–Trinajstić information content (AvgIpc) is 2.61. The van der Waals surface area contributed by atoms with Crippen molar-refractivity contribution in [3.8, 4) is 0 Å². The van der Waals surface area contributed by atoms with Gasteiger partial charge in [0.15, 0.2) is 0 Å². The number of ether oxygens (including phenoxy) is 2. The Balaban J connectivity index is 2.03. The molecular weight excluding hydrogens is 303 g/mol. The Labute approximate surface area is 106 Å².